The second kappa shape index (κ2) is 8.06. The average Bonchev–Trinajstić information content (AvgIpc) is 2.08. The minimum Gasteiger partial charge on any atom is -0.313 e. The van der Waals surface area contributed by atoms with Gasteiger partial charge in [0.15, 0.2) is 0 Å². The molecule has 4 nitrogen and oxygen atoms in total. The molecule has 0 aromatic heterocycles. The van der Waals surface area contributed by atoms with Gasteiger partial charge in [0.25, 0.3) is 0 Å². The van der Waals surface area contributed by atoms with Crippen LogP contribution in [0.5, 0.6) is 0 Å². The Morgan fingerprint density at radius 2 is 1.82 bits per heavy atom. The molecule has 17 heavy (non-hydrogen) atoms. The van der Waals surface area contributed by atoms with Crippen molar-refractivity contribution in [3.05, 3.63) is 0 Å². The monoisotopic (exact) mass is 264 g/mol. The molecular weight excluding hydrogens is 236 g/mol. The van der Waals surface area contributed by atoms with Crippen LogP contribution in [-0.2, 0) is 9.84 Å². The van der Waals surface area contributed by atoms with Crippen molar-refractivity contribution >= 4 is 9.84 Å². The van der Waals surface area contributed by atoms with Crippen molar-refractivity contribution < 1.29 is 8.42 Å². The maximum atomic E-state index is 11.0. The van der Waals surface area contributed by atoms with Crippen LogP contribution in [0.2, 0.25) is 0 Å². The first-order valence-electron chi connectivity index (χ1n) is 6.26. The van der Waals surface area contributed by atoms with Gasteiger partial charge in [0, 0.05) is 18.8 Å². The van der Waals surface area contributed by atoms with Crippen LogP contribution in [0, 0.1) is 5.92 Å². The fourth-order valence-corrected chi connectivity index (χ4v) is 2.54. The van der Waals surface area contributed by atoms with Gasteiger partial charge in [-0.1, -0.05) is 13.8 Å². The Balaban J connectivity index is 3.91. The summed E-state index contributed by atoms with van der Waals surface area (Å²) in [5.41, 5.74) is 0. The van der Waals surface area contributed by atoms with Gasteiger partial charge < -0.3 is 10.2 Å². The number of nitrogens with one attached hydrogen (secondary N) is 1. The fraction of sp³-hybridized carbons (Fsp3) is 1.00. The van der Waals surface area contributed by atoms with E-state index in [1.165, 1.54) is 6.26 Å². The first-order valence-corrected chi connectivity index (χ1v) is 8.32. The summed E-state index contributed by atoms with van der Waals surface area (Å²) in [6, 6.07) is 0.449. The smallest absolute Gasteiger partial charge is 0.147 e. The normalized spacial score (nSPS) is 14.5. The molecule has 0 spiro atoms. The molecule has 0 fully saturated rings. The Hall–Kier alpha value is -0.130. The lowest BCUT2D eigenvalue weighted by Gasteiger charge is -2.24. The largest absolute Gasteiger partial charge is 0.313 e. The van der Waals surface area contributed by atoms with Crippen molar-refractivity contribution in [2.24, 2.45) is 5.92 Å². The molecule has 1 unspecified atom stereocenters. The molecule has 0 aromatic carbocycles. The van der Waals surface area contributed by atoms with E-state index in [-0.39, 0.29) is 5.75 Å². The Labute approximate surface area is 107 Å². The molecule has 0 saturated carbocycles. The van der Waals surface area contributed by atoms with Crippen LogP contribution in [0.1, 0.15) is 26.7 Å². The van der Waals surface area contributed by atoms with E-state index in [0.29, 0.717) is 18.4 Å². The van der Waals surface area contributed by atoms with E-state index < -0.39 is 9.84 Å². The molecule has 1 N–H and O–H groups in total. The highest BCUT2D eigenvalue weighted by Gasteiger charge is 2.11. The second-order valence-electron chi connectivity index (χ2n) is 5.53. The van der Waals surface area contributed by atoms with Gasteiger partial charge in [-0.15, -0.1) is 0 Å². The van der Waals surface area contributed by atoms with Gasteiger partial charge in [-0.2, -0.15) is 0 Å². The Morgan fingerprint density at radius 1 is 1.24 bits per heavy atom. The summed E-state index contributed by atoms with van der Waals surface area (Å²) < 4.78 is 22.0. The lowest BCUT2D eigenvalue weighted by atomic mass is 10.0. The Bertz CT molecular complexity index is 277. The molecule has 0 heterocycles. The third kappa shape index (κ3) is 12.1. The molecule has 0 aliphatic rings. The first-order chi connectivity index (χ1) is 7.70. The lowest BCUT2D eigenvalue weighted by Crippen LogP contribution is -2.40. The topological polar surface area (TPSA) is 49.4 Å². The van der Waals surface area contributed by atoms with E-state index in [2.05, 4.69) is 38.2 Å². The van der Waals surface area contributed by atoms with E-state index in [0.717, 1.165) is 19.5 Å². The minimum atomic E-state index is -2.82. The van der Waals surface area contributed by atoms with Gasteiger partial charge >= 0.3 is 0 Å². The zero-order valence-corrected chi connectivity index (χ0v) is 12.7. The summed E-state index contributed by atoms with van der Waals surface area (Å²) in [4.78, 5) is 2.16. The van der Waals surface area contributed by atoms with Crippen LogP contribution in [0.3, 0.4) is 0 Å². The van der Waals surface area contributed by atoms with Crippen LogP contribution in [0.4, 0.5) is 0 Å². The number of likely N-dealkylation sites (N-methyl/N-ethyl adjacent to an activating group) is 1. The summed E-state index contributed by atoms with van der Waals surface area (Å²) in [5, 5.41) is 3.45. The van der Waals surface area contributed by atoms with Crippen LogP contribution < -0.4 is 5.32 Å². The standard InChI is InChI=1S/C12H28N2O2S/c1-11(2)9-12(10-14(3)4)13-7-6-8-17(5,15)16/h11-13H,6-10H2,1-5H3. The number of rotatable bonds is 9. The predicted octanol–water partition coefficient (Wildman–Crippen LogP) is 0.987. The second-order valence-corrected chi connectivity index (χ2v) is 7.79. The number of nitrogens with zero attached hydrogens (tertiary/aromatic N) is 1. The van der Waals surface area contributed by atoms with Crippen molar-refractivity contribution in [1.82, 2.24) is 10.2 Å². The quantitative estimate of drug-likeness (QED) is 0.631. The molecule has 0 aromatic rings. The zero-order chi connectivity index (χ0) is 13.5. The predicted molar refractivity (Wildman–Crippen MR) is 74.1 cm³/mol. The Kier molecular flexibility index (Phi) is 8.00. The maximum Gasteiger partial charge on any atom is 0.147 e. The van der Waals surface area contributed by atoms with E-state index in [1.807, 2.05) is 0 Å². The summed E-state index contributed by atoms with van der Waals surface area (Å²) >= 11 is 0. The average molecular weight is 264 g/mol. The van der Waals surface area contributed by atoms with Crippen LogP contribution in [0.25, 0.3) is 0 Å². The van der Waals surface area contributed by atoms with Crippen molar-refractivity contribution in [1.29, 1.82) is 0 Å². The zero-order valence-electron chi connectivity index (χ0n) is 11.9. The number of hydrogen-bond donors (Lipinski definition) is 1. The van der Waals surface area contributed by atoms with Crippen molar-refractivity contribution in [2.75, 3.05) is 39.2 Å². The maximum absolute atomic E-state index is 11.0. The third-order valence-corrected chi connectivity index (χ3v) is 3.50. The van der Waals surface area contributed by atoms with Gasteiger partial charge in [-0.05, 0) is 39.4 Å². The molecule has 0 rings (SSSR count). The molecule has 0 amide bonds. The highest BCUT2D eigenvalue weighted by molar-refractivity contribution is 7.90. The van der Waals surface area contributed by atoms with E-state index in [9.17, 15) is 8.42 Å². The van der Waals surface area contributed by atoms with Gasteiger partial charge in [0.1, 0.15) is 9.84 Å². The molecule has 1 atom stereocenters. The van der Waals surface area contributed by atoms with Crippen LogP contribution >= 0.6 is 0 Å². The van der Waals surface area contributed by atoms with Gasteiger partial charge in [0.05, 0.1) is 5.75 Å². The van der Waals surface area contributed by atoms with Crippen molar-refractivity contribution in [2.45, 2.75) is 32.7 Å². The summed E-state index contributed by atoms with van der Waals surface area (Å²) in [5.74, 6) is 0.929. The third-order valence-electron chi connectivity index (χ3n) is 2.47. The SMILES string of the molecule is CC(C)CC(CN(C)C)NCCCS(C)(=O)=O. The molecule has 5 heteroatoms. The molecule has 0 radical (unpaired) electrons. The molecule has 0 saturated heterocycles. The molecule has 104 valence electrons. The number of sulfone groups is 1. The summed E-state index contributed by atoms with van der Waals surface area (Å²) in [6.45, 7) is 6.19. The minimum absolute atomic E-state index is 0.274. The molecule has 0 bridgehead atoms. The molecule has 0 aliphatic heterocycles. The van der Waals surface area contributed by atoms with E-state index in [1.54, 1.807) is 0 Å². The van der Waals surface area contributed by atoms with Gasteiger partial charge in [-0.25, -0.2) is 8.42 Å². The van der Waals surface area contributed by atoms with Gasteiger partial charge in [0.2, 0.25) is 0 Å². The van der Waals surface area contributed by atoms with Crippen LogP contribution in [-0.4, -0.2) is 58.6 Å². The number of hydrogen-bond acceptors (Lipinski definition) is 4. The van der Waals surface area contributed by atoms with E-state index >= 15 is 0 Å². The highest BCUT2D eigenvalue weighted by Crippen LogP contribution is 2.05. The Morgan fingerprint density at radius 3 is 2.24 bits per heavy atom. The molecular formula is C12H28N2O2S. The highest BCUT2D eigenvalue weighted by atomic mass is 32.2. The fourth-order valence-electron chi connectivity index (χ4n) is 1.87. The first kappa shape index (κ1) is 16.9. The van der Waals surface area contributed by atoms with E-state index in [4.69, 9.17) is 0 Å². The van der Waals surface area contributed by atoms with Crippen molar-refractivity contribution in [3.63, 3.8) is 0 Å². The summed E-state index contributed by atoms with van der Waals surface area (Å²) in [7, 11) is 1.30. The van der Waals surface area contributed by atoms with Gasteiger partial charge in [-0.3, -0.25) is 0 Å². The van der Waals surface area contributed by atoms with Crippen molar-refractivity contribution in [3.8, 4) is 0 Å². The summed E-state index contributed by atoms with van der Waals surface area (Å²) in [6.07, 6.45) is 3.11. The lowest BCUT2D eigenvalue weighted by molar-refractivity contribution is 0.306. The molecule has 0 aliphatic carbocycles. The van der Waals surface area contributed by atoms with Crippen LogP contribution in [0.15, 0.2) is 0 Å².